The maximum absolute atomic E-state index is 11.8. The highest BCUT2D eigenvalue weighted by Gasteiger charge is 2.26. The van der Waals surface area contributed by atoms with Crippen LogP contribution in [0.3, 0.4) is 0 Å². The molecule has 4 rings (SSSR count). The Morgan fingerprint density at radius 1 is 1.17 bits per heavy atom. The van der Waals surface area contributed by atoms with Crippen molar-refractivity contribution in [1.82, 2.24) is 19.8 Å². The lowest BCUT2D eigenvalue weighted by Gasteiger charge is -2.36. The first-order valence-corrected chi connectivity index (χ1v) is 9.25. The Labute approximate surface area is 143 Å². The van der Waals surface area contributed by atoms with Gasteiger partial charge in [-0.05, 0) is 44.4 Å². The normalized spacial score (nSPS) is 22.6. The molecule has 1 N–H and O–H groups in total. The molecular weight excluding hydrogens is 300 g/mol. The molecular formula is C19H26N4O. The Balaban J connectivity index is 1.40. The molecule has 5 heteroatoms. The van der Waals surface area contributed by atoms with Gasteiger partial charge in [0.25, 0.3) is 0 Å². The van der Waals surface area contributed by atoms with E-state index < -0.39 is 0 Å². The molecule has 1 atom stereocenters. The van der Waals surface area contributed by atoms with Crippen molar-refractivity contribution in [3.63, 3.8) is 0 Å². The van der Waals surface area contributed by atoms with E-state index in [1.54, 1.807) is 0 Å². The summed E-state index contributed by atoms with van der Waals surface area (Å²) < 4.78 is 0. The Kier molecular flexibility index (Phi) is 4.52. The van der Waals surface area contributed by atoms with Gasteiger partial charge in [-0.15, -0.1) is 0 Å². The molecule has 2 fully saturated rings. The second kappa shape index (κ2) is 6.93. The first kappa shape index (κ1) is 15.6. The third kappa shape index (κ3) is 3.31. The number of hydrogen-bond donors (Lipinski definition) is 1. The number of aromatic nitrogens is 2. The third-order valence-electron chi connectivity index (χ3n) is 5.44. The molecule has 128 valence electrons. The fourth-order valence-corrected chi connectivity index (χ4v) is 4.11. The van der Waals surface area contributed by atoms with E-state index in [0.717, 1.165) is 62.3 Å². The van der Waals surface area contributed by atoms with E-state index in [9.17, 15) is 4.79 Å². The first-order valence-electron chi connectivity index (χ1n) is 9.25. The number of H-pyrrole nitrogens is 1. The fourth-order valence-electron chi connectivity index (χ4n) is 4.11. The van der Waals surface area contributed by atoms with Crippen molar-refractivity contribution < 1.29 is 4.79 Å². The Morgan fingerprint density at radius 2 is 2.08 bits per heavy atom. The lowest BCUT2D eigenvalue weighted by molar-refractivity contribution is -0.127. The fraction of sp³-hybridized carbons (Fsp3) is 0.579. The monoisotopic (exact) mass is 326 g/mol. The number of nitrogens with zero attached hydrogens (tertiary/aromatic N) is 3. The number of para-hydroxylation sites is 2. The van der Waals surface area contributed by atoms with Gasteiger partial charge in [-0.2, -0.15) is 0 Å². The number of imidazole rings is 1. The number of piperidine rings is 1. The summed E-state index contributed by atoms with van der Waals surface area (Å²) in [5, 5.41) is 0. The van der Waals surface area contributed by atoms with E-state index in [1.807, 2.05) is 17.0 Å². The van der Waals surface area contributed by atoms with Crippen LogP contribution in [0.2, 0.25) is 0 Å². The summed E-state index contributed by atoms with van der Waals surface area (Å²) in [4.78, 5) is 24.6. The molecule has 3 heterocycles. The smallest absolute Gasteiger partial charge is 0.222 e. The largest absolute Gasteiger partial charge is 0.343 e. The highest BCUT2D eigenvalue weighted by molar-refractivity contribution is 5.78. The molecule has 0 radical (unpaired) electrons. The number of likely N-dealkylation sites (tertiary alicyclic amines) is 2. The van der Waals surface area contributed by atoms with Crippen molar-refractivity contribution in [1.29, 1.82) is 0 Å². The molecule has 0 aliphatic carbocycles. The number of hydrogen-bond acceptors (Lipinski definition) is 3. The average molecular weight is 326 g/mol. The molecule has 2 aliphatic rings. The van der Waals surface area contributed by atoms with Gasteiger partial charge in [-0.1, -0.05) is 18.6 Å². The molecule has 2 saturated heterocycles. The van der Waals surface area contributed by atoms with Crippen molar-refractivity contribution in [2.45, 2.75) is 51.1 Å². The molecule has 1 amide bonds. The summed E-state index contributed by atoms with van der Waals surface area (Å²) in [6, 6.07) is 8.78. The SMILES string of the molecule is O=C1CCCN1CCC1CCCCN1Cc1nc2ccccc2[nH]1. The molecule has 1 aromatic carbocycles. The van der Waals surface area contributed by atoms with Crippen LogP contribution in [0.5, 0.6) is 0 Å². The quantitative estimate of drug-likeness (QED) is 0.919. The van der Waals surface area contributed by atoms with Crippen molar-refractivity contribution in [3.05, 3.63) is 30.1 Å². The summed E-state index contributed by atoms with van der Waals surface area (Å²) in [7, 11) is 0. The van der Waals surface area contributed by atoms with Crippen LogP contribution in [0.25, 0.3) is 11.0 Å². The molecule has 2 aliphatic heterocycles. The molecule has 0 saturated carbocycles. The average Bonchev–Trinajstić information content (AvgIpc) is 3.19. The Morgan fingerprint density at radius 3 is 2.92 bits per heavy atom. The van der Waals surface area contributed by atoms with E-state index in [1.165, 1.54) is 19.3 Å². The van der Waals surface area contributed by atoms with Gasteiger partial charge in [0, 0.05) is 25.6 Å². The van der Waals surface area contributed by atoms with E-state index in [4.69, 9.17) is 4.98 Å². The summed E-state index contributed by atoms with van der Waals surface area (Å²) in [6.45, 7) is 3.89. The topological polar surface area (TPSA) is 52.2 Å². The van der Waals surface area contributed by atoms with E-state index in [-0.39, 0.29) is 0 Å². The molecule has 5 nitrogen and oxygen atoms in total. The van der Waals surface area contributed by atoms with Gasteiger partial charge in [-0.25, -0.2) is 4.98 Å². The number of benzene rings is 1. The standard InChI is InChI=1S/C19H26N4O/c24-19-9-5-12-22(19)13-10-15-6-3-4-11-23(15)14-18-20-16-7-1-2-8-17(16)21-18/h1-2,7-8,15H,3-6,9-14H2,(H,20,21). The number of amides is 1. The van der Waals surface area contributed by atoms with E-state index >= 15 is 0 Å². The molecule has 1 unspecified atom stereocenters. The lowest BCUT2D eigenvalue weighted by atomic mass is 9.99. The van der Waals surface area contributed by atoms with Crippen LogP contribution in [0, 0.1) is 0 Å². The van der Waals surface area contributed by atoms with E-state index in [0.29, 0.717) is 11.9 Å². The molecule has 2 aromatic rings. The van der Waals surface area contributed by atoms with E-state index in [2.05, 4.69) is 22.0 Å². The van der Waals surface area contributed by atoms with Gasteiger partial charge in [0.05, 0.1) is 17.6 Å². The number of carbonyl (C=O) groups excluding carboxylic acids is 1. The maximum Gasteiger partial charge on any atom is 0.222 e. The molecule has 0 bridgehead atoms. The van der Waals surface area contributed by atoms with Crippen LogP contribution >= 0.6 is 0 Å². The zero-order valence-electron chi connectivity index (χ0n) is 14.2. The van der Waals surface area contributed by atoms with Crippen LogP contribution < -0.4 is 0 Å². The summed E-state index contributed by atoms with van der Waals surface area (Å²) >= 11 is 0. The second-order valence-corrected chi connectivity index (χ2v) is 7.09. The predicted octanol–water partition coefficient (Wildman–Crippen LogP) is 2.93. The van der Waals surface area contributed by atoms with Gasteiger partial charge in [0.2, 0.25) is 5.91 Å². The number of aromatic amines is 1. The maximum atomic E-state index is 11.8. The number of carbonyl (C=O) groups is 1. The lowest BCUT2D eigenvalue weighted by Crippen LogP contribution is -2.41. The molecule has 24 heavy (non-hydrogen) atoms. The minimum Gasteiger partial charge on any atom is -0.343 e. The van der Waals surface area contributed by atoms with Crippen molar-refractivity contribution >= 4 is 16.9 Å². The third-order valence-corrected chi connectivity index (χ3v) is 5.44. The highest BCUT2D eigenvalue weighted by Crippen LogP contribution is 2.23. The highest BCUT2D eigenvalue weighted by atomic mass is 16.2. The molecule has 1 aromatic heterocycles. The van der Waals surface area contributed by atoms with Gasteiger partial charge >= 0.3 is 0 Å². The first-order chi connectivity index (χ1) is 11.8. The van der Waals surface area contributed by atoms with Crippen LogP contribution in [-0.4, -0.2) is 51.4 Å². The van der Waals surface area contributed by atoms with Gasteiger partial charge in [-0.3, -0.25) is 9.69 Å². The van der Waals surface area contributed by atoms with Gasteiger partial charge < -0.3 is 9.88 Å². The Bertz CT molecular complexity index is 677. The number of nitrogens with one attached hydrogen (secondary N) is 1. The zero-order chi connectivity index (χ0) is 16.4. The minimum atomic E-state index is 0.342. The summed E-state index contributed by atoms with van der Waals surface area (Å²) in [5.41, 5.74) is 2.16. The van der Waals surface area contributed by atoms with Crippen LogP contribution in [-0.2, 0) is 11.3 Å². The van der Waals surface area contributed by atoms with Crippen molar-refractivity contribution in [2.24, 2.45) is 0 Å². The van der Waals surface area contributed by atoms with Gasteiger partial charge in [0.1, 0.15) is 5.82 Å². The Hall–Kier alpha value is -1.88. The molecule has 0 spiro atoms. The van der Waals surface area contributed by atoms with Crippen LogP contribution in [0.4, 0.5) is 0 Å². The predicted molar refractivity (Wildman–Crippen MR) is 94.6 cm³/mol. The van der Waals surface area contributed by atoms with Crippen LogP contribution in [0.1, 0.15) is 44.3 Å². The summed E-state index contributed by atoms with van der Waals surface area (Å²) in [5.74, 6) is 1.40. The van der Waals surface area contributed by atoms with Crippen molar-refractivity contribution in [2.75, 3.05) is 19.6 Å². The second-order valence-electron chi connectivity index (χ2n) is 7.09. The van der Waals surface area contributed by atoms with Crippen LogP contribution in [0.15, 0.2) is 24.3 Å². The number of rotatable bonds is 5. The number of fused-ring (bicyclic) bond motifs is 1. The van der Waals surface area contributed by atoms with Crippen molar-refractivity contribution in [3.8, 4) is 0 Å². The summed E-state index contributed by atoms with van der Waals surface area (Å²) in [6.07, 6.45) is 6.67. The van der Waals surface area contributed by atoms with Gasteiger partial charge in [0.15, 0.2) is 0 Å². The minimum absolute atomic E-state index is 0.342. The zero-order valence-corrected chi connectivity index (χ0v) is 14.2.